The van der Waals surface area contributed by atoms with Gasteiger partial charge in [0.1, 0.15) is 35.2 Å². The van der Waals surface area contributed by atoms with Crippen LogP contribution in [0.1, 0.15) is 41.4 Å². The number of carbonyl (C=O) groups excluding carboxylic acids is 7. The fourth-order valence-corrected chi connectivity index (χ4v) is 5.39. The highest BCUT2D eigenvalue weighted by Crippen LogP contribution is 2.32. The summed E-state index contributed by atoms with van der Waals surface area (Å²) in [6, 6.07) is 22.2. The Morgan fingerprint density at radius 1 is 0.509 bits per heavy atom. The molecule has 4 aromatic rings. The molecule has 57 heavy (non-hydrogen) atoms. The largest absolute Gasteiger partial charge is 0.521 e. The van der Waals surface area contributed by atoms with Crippen LogP contribution in [0.25, 0.3) is 0 Å². The normalized spacial score (nSPS) is 17.8. The van der Waals surface area contributed by atoms with Crippen LogP contribution in [-0.4, -0.2) is 86.9 Å². The van der Waals surface area contributed by atoms with E-state index in [2.05, 4.69) is 16.1 Å². The molecule has 6 rings (SSSR count). The van der Waals surface area contributed by atoms with Gasteiger partial charge in [-0.2, -0.15) is 0 Å². The van der Waals surface area contributed by atoms with E-state index in [1.807, 2.05) is 0 Å². The van der Waals surface area contributed by atoms with Crippen LogP contribution in [0.4, 0.5) is 9.59 Å². The number of esters is 5. The minimum atomic E-state index is -1.27. The van der Waals surface area contributed by atoms with E-state index in [-0.39, 0.29) is 58.5 Å². The first-order valence-electron chi connectivity index (χ1n) is 16.8. The summed E-state index contributed by atoms with van der Waals surface area (Å²) in [6.45, 7) is 3.15. The third-order valence-electron chi connectivity index (χ3n) is 8.18. The molecule has 2 heterocycles. The van der Waals surface area contributed by atoms with Crippen LogP contribution in [-0.2, 0) is 33.2 Å². The Balaban J connectivity index is 0.945. The number of fused-ring (bicyclic) bond motifs is 1. The fraction of sp³-hybridized carbons (Fsp3) is 0.175. The quantitative estimate of drug-likeness (QED) is 0.0486. The van der Waals surface area contributed by atoms with Crippen molar-refractivity contribution in [3.63, 3.8) is 0 Å². The highest BCUT2D eigenvalue weighted by atomic mass is 16.7. The molecule has 0 bridgehead atoms. The van der Waals surface area contributed by atoms with Gasteiger partial charge in [-0.1, -0.05) is 6.58 Å². The maximum atomic E-state index is 13.0. The Hall–Kier alpha value is -7.37. The average molecular weight is 783 g/mol. The summed E-state index contributed by atoms with van der Waals surface area (Å²) >= 11 is 0. The maximum absolute atomic E-state index is 13.0. The molecule has 0 N–H and O–H groups in total. The van der Waals surface area contributed by atoms with Crippen molar-refractivity contribution in [2.45, 2.75) is 24.4 Å². The Bertz CT molecular complexity index is 2160. The third-order valence-corrected chi connectivity index (χ3v) is 8.18. The van der Waals surface area contributed by atoms with Gasteiger partial charge in [0.05, 0.1) is 42.6 Å². The summed E-state index contributed by atoms with van der Waals surface area (Å²) in [5.41, 5.74) is 0.624. The van der Waals surface area contributed by atoms with Crippen molar-refractivity contribution in [2.75, 3.05) is 20.3 Å². The fourth-order valence-electron chi connectivity index (χ4n) is 5.39. The molecule has 0 unspecified atom stereocenters. The third kappa shape index (κ3) is 10.0. The molecule has 4 aromatic carbocycles. The van der Waals surface area contributed by atoms with Crippen molar-refractivity contribution < 1.29 is 80.9 Å². The predicted molar refractivity (Wildman–Crippen MR) is 189 cm³/mol. The van der Waals surface area contributed by atoms with Crippen LogP contribution in [0.5, 0.6) is 23.0 Å². The topological polar surface area (TPSA) is 212 Å². The Labute approximate surface area is 322 Å². The van der Waals surface area contributed by atoms with Gasteiger partial charge in [0, 0.05) is 6.08 Å². The SMILES string of the molecule is C=CC(=O)OC(=O)Oc1ccc(C(=O)Oc2ccc(C(=O)O[C@@H]3CO[C@H]4[C@@H]3OC[C@@H]4OC(=O)c3ccc(OC(=O)c4ccc(OC(=O)OC)cc4)cc3)cc2)cc1. The van der Waals surface area contributed by atoms with Crippen LogP contribution >= 0.6 is 0 Å². The minimum Gasteiger partial charge on any atom is -0.453 e. The van der Waals surface area contributed by atoms with Crippen molar-refractivity contribution in [3.05, 3.63) is 132 Å². The zero-order valence-electron chi connectivity index (χ0n) is 29.7. The second kappa shape index (κ2) is 17.8. The summed E-state index contributed by atoms with van der Waals surface area (Å²) < 4.78 is 52.0. The minimum absolute atomic E-state index is 0.00657. The summed E-state index contributed by atoms with van der Waals surface area (Å²) in [5.74, 6) is -3.30. The van der Waals surface area contributed by atoms with E-state index in [0.717, 1.165) is 6.08 Å². The molecule has 0 spiro atoms. The summed E-state index contributed by atoms with van der Waals surface area (Å²) in [5, 5.41) is 0. The molecule has 0 aliphatic carbocycles. The molecule has 0 saturated carbocycles. The number of benzene rings is 4. The standard InChI is InChI=1S/C40H30O17/c1-3-32(41)57-40(47)54-29-18-10-23(11-19-29)36(43)52-27-14-6-25(7-15-27)38(45)56-31-21-50-33-30(20-49-34(31)33)55-37(44)24-4-12-26(13-5-24)51-35(42)22-8-16-28(17-9-22)53-39(46)48-2/h3-19,30-31,33-34H,1,20-21H2,2H3/t30-,31+,33+,34+/m0/s1. The smallest absolute Gasteiger partial charge is 0.453 e. The number of hydrogen-bond acceptors (Lipinski definition) is 17. The Morgan fingerprint density at radius 2 is 0.842 bits per heavy atom. The first kappa shape index (κ1) is 39.3. The zero-order valence-corrected chi connectivity index (χ0v) is 29.7. The van der Waals surface area contributed by atoms with Gasteiger partial charge >= 0.3 is 42.2 Å². The molecular weight excluding hydrogens is 752 g/mol. The second-order valence-electron chi connectivity index (χ2n) is 11.9. The number of hydrogen-bond donors (Lipinski definition) is 0. The van der Waals surface area contributed by atoms with Crippen LogP contribution in [0, 0.1) is 0 Å². The van der Waals surface area contributed by atoms with Crippen LogP contribution in [0.2, 0.25) is 0 Å². The van der Waals surface area contributed by atoms with E-state index in [9.17, 15) is 33.6 Å². The monoisotopic (exact) mass is 782 g/mol. The predicted octanol–water partition coefficient (Wildman–Crippen LogP) is 5.05. The van der Waals surface area contributed by atoms with Crippen molar-refractivity contribution in [1.29, 1.82) is 0 Å². The van der Waals surface area contributed by atoms with E-state index in [1.54, 1.807) is 0 Å². The molecule has 17 heteroatoms. The van der Waals surface area contributed by atoms with Crippen molar-refractivity contribution >= 4 is 42.2 Å². The van der Waals surface area contributed by atoms with E-state index in [0.29, 0.717) is 0 Å². The van der Waals surface area contributed by atoms with Gasteiger partial charge in [-0.05, 0) is 97.1 Å². The van der Waals surface area contributed by atoms with E-state index in [1.165, 1.54) is 104 Å². The molecule has 4 atom stereocenters. The van der Waals surface area contributed by atoms with Gasteiger partial charge < -0.3 is 47.4 Å². The summed E-state index contributed by atoms with van der Waals surface area (Å²) in [4.78, 5) is 84.9. The van der Waals surface area contributed by atoms with E-state index >= 15 is 0 Å². The van der Waals surface area contributed by atoms with Gasteiger partial charge in [0.25, 0.3) is 0 Å². The molecule has 2 aliphatic heterocycles. The van der Waals surface area contributed by atoms with Crippen molar-refractivity contribution in [1.82, 2.24) is 0 Å². The lowest BCUT2D eigenvalue weighted by molar-refractivity contribution is -0.133. The van der Waals surface area contributed by atoms with E-state index in [4.69, 9.17) is 37.9 Å². The highest BCUT2D eigenvalue weighted by molar-refractivity contribution is 5.93. The van der Waals surface area contributed by atoms with Gasteiger partial charge in [0.2, 0.25) is 0 Å². The summed E-state index contributed by atoms with van der Waals surface area (Å²) in [6.07, 6.45) is -4.37. The average Bonchev–Trinajstić information content (AvgIpc) is 3.81. The van der Waals surface area contributed by atoms with Crippen LogP contribution in [0.3, 0.4) is 0 Å². The molecule has 0 radical (unpaired) electrons. The number of carbonyl (C=O) groups is 7. The van der Waals surface area contributed by atoms with Gasteiger partial charge in [-0.3, -0.25) is 0 Å². The molecule has 2 saturated heterocycles. The molecule has 17 nitrogen and oxygen atoms in total. The number of ether oxygens (including phenoxy) is 10. The molecule has 292 valence electrons. The highest BCUT2D eigenvalue weighted by Gasteiger charge is 2.51. The first-order chi connectivity index (χ1) is 27.5. The van der Waals surface area contributed by atoms with Gasteiger partial charge in [-0.15, -0.1) is 0 Å². The molecule has 0 aromatic heterocycles. The van der Waals surface area contributed by atoms with Crippen LogP contribution < -0.4 is 18.9 Å². The number of methoxy groups -OCH3 is 1. The molecular formula is C40H30O17. The zero-order chi connectivity index (χ0) is 40.5. The van der Waals surface area contributed by atoms with E-state index < -0.39 is 66.6 Å². The Morgan fingerprint density at radius 3 is 1.19 bits per heavy atom. The molecule has 2 aliphatic rings. The lowest BCUT2D eigenvalue weighted by atomic mass is 10.1. The first-order valence-corrected chi connectivity index (χ1v) is 16.8. The molecule has 0 amide bonds. The lowest BCUT2D eigenvalue weighted by Gasteiger charge is -2.17. The van der Waals surface area contributed by atoms with Gasteiger partial charge in [-0.25, -0.2) is 33.6 Å². The van der Waals surface area contributed by atoms with Crippen molar-refractivity contribution in [2.24, 2.45) is 0 Å². The number of rotatable bonds is 11. The molecule has 2 fully saturated rings. The lowest BCUT2D eigenvalue weighted by Crippen LogP contribution is -2.36. The maximum Gasteiger partial charge on any atom is 0.521 e. The second-order valence-corrected chi connectivity index (χ2v) is 11.9. The van der Waals surface area contributed by atoms with Crippen molar-refractivity contribution in [3.8, 4) is 23.0 Å². The Kier molecular flexibility index (Phi) is 12.3. The van der Waals surface area contributed by atoms with Crippen LogP contribution in [0.15, 0.2) is 110 Å². The summed E-state index contributed by atoms with van der Waals surface area (Å²) in [7, 11) is 1.17. The van der Waals surface area contributed by atoms with Gasteiger partial charge in [0.15, 0.2) is 12.2 Å².